The van der Waals surface area contributed by atoms with E-state index in [0.717, 1.165) is 37.1 Å². The molecule has 2 atom stereocenters. The second kappa shape index (κ2) is 6.45. The molecule has 110 valence electrons. The summed E-state index contributed by atoms with van der Waals surface area (Å²) in [5, 5.41) is 0. The topological polar surface area (TPSA) is 109 Å². The van der Waals surface area contributed by atoms with E-state index < -0.39 is 0 Å². The molecule has 0 bridgehead atoms. The predicted octanol–water partition coefficient (Wildman–Crippen LogP) is 2.76. The molecule has 0 saturated carbocycles. The van der Waals surface area contributed by atoms with E-state index in [4.69, 9.17) is 11.5 Å². The van der Waals surface area contributed by atoms with Crippen molar-refractivity contribution in [3.63, 3.8) is 0 Å². The van der Waals surface area contributed by atoms with E-state index in [9.17, 15) is 0 Å². The van der Waals surface area contributed by atoms with Crippen LogP contribution >= 0.6 is 0 Å². The number of hydrogen-bond acceptors (Lipinski definition) is 4. The molecule has 0 fully saturated rings. The van der Waals surface area contributed by atoms with Gasteiger partial charge in [-0.3, -0.25) is 0 Å². The molecule has 0 radical (unpaired) electrons. The van der Waals surface area contributed by atoms with E-state index in [0.29, 0.717) is 23.7 Å². The van der Waals surface area contributed by atoms with Gasteiger partial charge in [0.2, 0.25) is 0 Å². The molecule has 0 spiro atoms. The monoisotopic (exact) mass is 276 g/mol. The zero-order valence-electron chi connectivity index (χ0n) is 12.2. The Morgan fingerprint density at radius 1 is 1.00 bits per heavy atom. The molecule has 2 unspecified atom stereocenters. The van der Waals surface area contributed by atoms with Gasteiger partial charge in [-0.1, -0.05) is 20.3 Å². The second-order valence-corrected chi connectivity index (χ2v) is 5.27. The Hall–Kier alpha value is -1.98. The van der Waals surface area contributed by atoms with E-state index in [2.05, 4.69) is 33.8 Å². The van der Waals surface area contributed by atoms with Gasteiger partial charge >= 0.3 is 0 Å². The average Bonchev–Trinajstić information content (AvgIpc) is 3.03. The summed E-state index contributed by atoms with van der Waals surface area (Å²) in [6, 6.07) is 0. The summed E-state index contributed by atoms with van der Waals surface area (Å²) in [5.74, 6) is 1.82. The lowest BCUT2D eigenvalue weighted by Gasteiger charge is -2.20. The van der Waals surface area contributed by atoms with Gasteiger partial charge in [0.1, 0.15) is 0 Å². The number of nitrogens with two attached hydrogens (primary N) is 2. The molecule has 0 aromatic carbocycles. The number of nitrogen functional groups attached to an aromatic ring is 2. The van der Waals surface area contributed by atoms with Gasteiger partial charge in [-0.25, -0.2) is 9.97 Å². The fraction of sp³-hybridized carbons (Fsp3) is 0.571. The minimum absolute atomic E-state index is 0.417. The Kier molecular flexibility index (Phi) is 4.65. The number of anilines is 2. The van der Waals surface area contributed by atoms with E-state index in [1.165, 1.54) is 0 Å². The van der Waals surface area contributed by atoms with E-state index >= 15 is 0 Å². The van der Waals surface area contributed by atoms with E-state index in [1.54, 1.807) is 0 Å². The van der Waals surface area contributed by atoms with Crippen molar-refractivity contribution in [2.24, 2.45) is 0 Å². The summed E-state index contributed by atoms with van der Waals surface area (Å²) in [5.41, 5.74) is 13.6. The smallest absolute Gasteiger partial charge is 0.197 e. The number of nitrogens with one attached hydrogen (secondary N) is 2. The van der Waals surface area contributed by atoms with Crippen LogP contribution in [-0.2, 0) is 0 Å². The number of aromatic nitrogens is 4. The van der Waals surface area contributed by atoms with Gasteiger partial charge in [0, 0.05) is 23.2 Å². The molecule has 6 nitrogen and oxygen atoms in total. The molecule has 0 aliphatic carbocycles. The average molecular weight is 276 g/mol. The predicted molar refractivity (Wildman–Crippen MR) is 81.3 cm³/mol. The highest BCUT2D eigenvalue weighted by atomic mass is 15.0. The Morgan fingerprint density at radius 3 is 1.95 bits per heavy atom. The van der Waals surface area contributed by atoms with Crippen LogP contribution in [0.15, 0.2) is 12.4 Å². The van der Waals surface area contributed by atoms with E-state index in [1.807, 2.05) is 12.4 Å². The van der Waals surface area contributed by atoms with Crippen LogP contribution in [0.3, 0.4) is 0 Å². The number of imidazole rings is 2. The Balaban J connectivity index is 2.13. The quantitative estimate of drug-likeness (QED) is 0.623. The van der Waals surface area contributed by atoms with Crippen LogP contribution in [0, 0.1) is 0 Å². The molecule has 0 amide bonds. The summed E-state index contributed by atoms with van der Waals surface area (Å²) in [4.78, 5) is 14.5. The minimum atomic E-state index is 0.417. The van der Waals surface area contributed by atoms with Crippen molar-refractivity contribution in [1.29, 1.82) is 0 Å². The minimum Gasteiger partial charge on any atom is -0.369 e. The SMILES string of the molecule is CCCC(CC(CC)c1cnc(N)[nH]1)c1cnc(N)[nH]1. The number of H-pyrrole nitrogens is 2. The van der Waals surface area contributed by atoms with Crippen molar-refractivity contribution < 1.29 is 0 Å². The lowest BCUT2D eigenvalue weighted by atomic mass is 9.86. The molecular formula is C14H24N6. The van der Waals surface area contributed by atoms with Crippen molar-refractivity contribution in [3.05, 3.63) is 23.8 Å². The van der Waals surface area contributed by atoms with Crippen molar-refractivity contribution in [2.45, 2.75) is 51.4 Å². The van der Waals surface area contributed by atoms with Gasteiger partial charge in [0.25, 0.3) is 0 Å². The van der Waals surface area contributed by atoms with Crippen molar-refractivity contribution in [2.75, 3.05) is 11.5 Å². The van der Waals surface area contributed by atoms with Crippen LogP contribution in [0.1, 0.15) is 62.8 Å². The van der Waals surface area contributed by atoms with Gasteiger partial charge in [0.05, 0.1) is 12.4 Å². The van der Waals surface area contributed by atoms with Gasteiger partial charge < -0.3 is 21.4 Å². The molecule has 2 heterocycles. The highest BCUT2D eigenvalue weighted by Gasteiger charge is 2.20. The lowest BCUT2D eigenvalue weighted by molar-refractivity contribution is 0.478. The van der Waals surface area contributed by atoms with Crippen LogP contribution in [0.5, 0.6) is 0 Å². The van der Waals surface area contributed by atoms with Crippen molar-refractivity contribution >= 4 is 11.9 Å². The fourth-order valence-corrected chi connectivity index (χ4v) is 2.72. The molecule has 2 rings (SSSR count). The van der Waals surface area contributed by atoms with Crippen LogP contribution < -0.4 is 11.5 Å². The third-order valence-corrected chi connectivity index (χ3v) is 3.81. The number of aromatic amines is 2. The first-order chi connectivity index (χ1) is 9.63. The Bertz CT molecular complexity index is 529. The first-order valence-electron chi connectivity index (χ1n) is 7.24. The third kappa shape index (κ3) is 3.31. The van der Waals surface area contributed by atoms with Gasteiger partial charge in [-0.15, -0.1) is 0 Å². The lowest BCUT2D eigenvalue weighted by Crippen LogP contribution is -2.07. The molecule has 2 aromatic heterocycles. The van der Waals surface area contributed by atoms with Crippen LogP contribution in [-0.4, -0.2) is 19.9 Å². The summed E-state index contributed by atoms with van der Waals surface area (Å²) in [6.07, 6.45) is 8.02. The molecule has 0 aliphatic rings. The zero-order valence-corrected chi connectivity index (χ0v) is 12.2. The number of rotatable bonds is 7. The number of nitrogens with zero attached hydrogens (tertiary/aromatic N) is 2. The molecule has 0 aliphatic heterocycles. The molecule has 2 aromatic rings. The maximum absolute atomic E-state index is 5.69. The van der Waals surface area contributed by atoms with Gasteiger partial charge in [-0.2, -0.15) is 0 Å². The molecule has 6 heteroatoms. The van der Waals surface area contributed by atoms with Crippen LogP contribution in [0.25, 0.3) is 0 Å². The summed E-state index contributed by atoms with van der Waals surface area (Å²) in [7, 11) is 0. The molecule has 6 N–H and O–H groups in total. The summed E-state index contributed by atoms with van der Waals surface area (Å²) >= 11 is 0. The second-order valence-electron chi connectivity index (χ2n) is 5.27. The number of hydrogen-bond donors (Lipinski definition) is 4. The van der Waals surface area contributed by atoms with Gasteiger partial charge in [0.15, 0.2) is 11.9 Å². The Morgan fingerprint density at radius 2 is 1.55 bits per heavy atom. The first-order valence-corrected chi connectivity index (χ1v) is 7.24. The largest absolute Gasteiger partial charge is 0.369 e. The highest BCUT2D eigenvalue weighted by molar-refractivity contribution is 5.23. The normalized spacial score (nSPS) is 14.3. The summed E-state index contributed by atoms with van der Waals surface area (Å²) in [6.45, 7) is 4.38. The maximum Gasteiger partial charge on any atom is 0.197 e. The zero-order chi connectivity index (χ0) is 14.5. The highest BCUT2D eigenvalue weighted by Crippen LogP contribution is 2.33. The molecular weight excluding hydrogens is 252 g/mol. The molecule has 0 saturated heterocycles. The Labute approximate surface area is 119 Å². The third-order valence-electron chi connectivity index (χ3n) is 3.81. The van der Waals surface area contributed by atoms with Crippen LogP contribution in [0.2, 0.25) is 0 Å². The summed E-state index contributed by atoms with van der Waals surface area (Å²) < 4.78 is 0. The first kappa shape index (κ1) is 14.4. The fourth-order valence-electron chi connectivity index (χ4n) is 2.72. The van der Waals surface area contributed by atoms with Crippen molar-refractivity contribution in [3.8, 4) is 0 Å². The maximum atomic E-state index is 5.69. The van der Waals surface area contributed by atoms with Crippen LogP contribution in [0.4, 0.5) is 11.9 Å². The van der Waals surface area contributed by atoms with E-state index in [-0.39, 0.29) is 0 Å². The van der Waals surface area contributed by atoms with Gasteiger partial charge in [-0.05, 0) is 19.3 Å². The standard InChI is InChI=1S/C14H24N6/c1-3-5-10(12-8-18-14(16)20-12)6-9(4-2)11-7-17-13(15)19-11/h7-10H,3-6H2,1-2H3,(H3,15,17,19)(H3,16,18,20). The molecule has 20 heavy (non-hydrogen) atoms. The van der Waals surface area contributed by atoms with Crippen molar-refractivity contribution in [1.82, 2.24) is 19.9 Å².